The second-order valence-electron chi connectivity index (χ2n) is 4.66. The van der Waals surface area contributed by atoms with Gasteiger partial charge in [0.1, 0.15) is 5.66 Å². The van der Waals surface area contributed by atoms with Crippen LogP contribution in [0.3, 0.4) is 0 Å². The summed E-state index contributed by atoms with van der Waals surface area (Å²) in [7, 11) is 0. The first-order valence-electron chi connectivity index (χ1n) is 5.86. The average molecular weight is 247 g/mol. The number of nitrogens with two attached hydrogens (primary N) is 1. The van der Waals surface area contributed by atoms with Gasteiger partial charge in [-0.15, -0.1) is 0 Å². The number of rotatable bonds is 2. The van der Waals surface area contributed by atoms with Gasteiger partial charge in [-0.25, -0.2) is 0 Å². The summed E-state index contributed by atoms with van der Waals surface area (Å²) in [6.45, 7) is 2.86. The molecule has 1 aliphatic rings. The highest BCUT2D eigenvalue weighted by Gasteiger charge is 2.44. The first kappa shape index (κ1) is 12.6. The van der Waals surface area contributed by atoms with E-state index in [1.165, 1.54) is 13.8 Å². The summed E-state index contributed by atoms with van der Waals surface area (Å²) in [6.07, 6.45) is 0.618. The number of nitrogens with one attached hydrogen (secondary N) is 2. The normalized spacial score (nSPS) is 25.4. The number of benzene rings is 1. The van der Waals surface area contributed by atoms with E-state index >= 15 is 0 Å². The Balaban J connectivity index is 2.40. The van der Waals surface area contributed by atoms with Crippen molar-refractivity contribution in [3.05, 3.63) is 35.4 Å². The highest BCUT2D eigenvalue weighted by molar-refractivity contribution is 5.76. The van der Waals surface area contributed by atoms with Gasteiger partial charge >= 0.3 is 0 Å². The van der Waals surface area contributed by atoms with Gasteiger partial charge < -0.3 is 16.4 Å². The molecule has 5 heteroatoms. The number of fused-ring (bicyclic) bond motifs is 1. The molecule has 18 heavy (non-hydrogen) atoms. The molecule has 0 radical (unpaired) electrons. The zero-order valence-corrected chi connectivity index (χ0v) is 10.5. The van der Waals surface area contributed by atoms with Crippen molar-refractivity contribution in [3.8, 4) is 0 Å². The summed E-state index contributed by atoms with van der Waals surface area (Å²) >= 11 is 0. The van der Waals surface area contributed by atoms with Crippen LogP contribution in [0.2, 0.25) is 0 Å². The third-order valence-electron chi connectivity index (χ3n) is 3.20. The molecule has 0 spiro atoms. The summed E-state index contributed by atoms with van der Waals surface area (Å²) in [5.41, 5.74) is 7.19. The van der Waals surface area contributed by atoms with Crippen LogP contribution >= 0.6 is 0 Å². The standard InChI is InChI=1S/C13H17N3O2/c1-8(17)15-12-7-10-5-3-4-6-11(10)13(12,14)16-9(2)18/h3-6,12H,7,14H2,1-2H3,(H,15,17)(H,16,18). The van der Waals surface area contributed by atoms with Crippen LogP contribution in [0.5, 0.6) is 0 Å². The molecule has 1 aromatic carbocycles. The lowest BCUT2D eigenvalue weighted by molar-refractivity contribution is -0.124. The molecule has 0 aliphatic heterocycles. The van der Waals surface area contributed by atoms with Crippen LogP contribution in [-0.4, -0.2) is 17.9 Å². The maximum Gasteiger partial charge on any atom is 0.218 e. The van der Waals surface area contributed by atoms with Crippen molar-refractivity contribution >= 4 is 11.8 Å². The highest BCUT2D eigenvalue weighted by Crippen LogP contribution is 2.33. The molecule has 1 aromatic rings. The van der Waals surface area contributed by atoms with E-state index in [0.717, 1.165) is 11.1 Å². The lowest BCUT2D eigenvalue weighted by atomic mass is 9.99. The first-order chi connectivity index (χ1) is 8.43. The van der Waals surface area contributed by atoms with Crippen molar-refractivity contribution in [1.82, 2.24) is 10.6 Å². The Morgan fingerprint density at radius 1 is 1.28 bits per heavy atom. The van der Waals surface area contributed by atoms with Crippen LogP contribution in [0.15, 0.2) is 24.3 Å². The lowest BCUT2D eigenvalue weighted by Crippen LogP contribution is -2.63. The minimum atomic E-state index is -1.03. The first-order valence-corrected chi connectivity index (χ1v) is 5.86. The Hall–Kier alpha value is -1.88. The van der Waals surface area contributed by atoms with E-state index in [9.17, 15) is 9.59 Å². The molecule has 5 nitrogen and oxygen atoms in total. The zero-order valence-electron chi connectivity index (χ0n) is 10.5. The van der Waals surface area contributed by atoms with Crippen molar-refractivity contribution < 1.29 is 9.59 Å². The average Bonchev–Trinajstić information content (AvgIpc) is 2.51. The molecule has 4 N–H and O–H groups in total. The molecule has 2 unspecified atom stereocenters. The van der Waals surface area contributed by atoms with Crippen LogP contribution in [0.25, 0.3) is 0 Å². The third kappa shape index (κ3) is 2.09. The van der Waals surface area contributed by atoms with Crippen LogP contribution < -0.4 is 16.4 Å². The quantitative estimate of drug-likeness (QED) is 0.643. The van der Waals surface area contributed by atoms with E-state index < -0.39 is 5.66 Å². The number of carbonyl (C=O) groups is 2. The molecule has 2 atom stereocenters. The van der Waals surface area contributed by atoms with Gasteiger partial charge in [-0.3, -0.25) is 9.59 Å². The smallest absolute Gasteiger partial charge is 0.218 e. The summed E-state index contributed by atoms with van der Waals surface area (Å²) in [6, 6.07) is 7.31. The number of carbonyl (C=O) groups excluding carboxylic acids is 2. The van der Waals surface area contributed by atoms with Gasteiger partial charge in [0, 0.05) is 13.8 Å². The number of hydrogen-bond donors (Lipinski definition) is 3. The Bertz CT molecular complexity index is 501. The van der Waals surface area contributed by atoms with E-state index in [4.69, 9.17) is 5.73 Å². The van der Waals surface area contributed by atoms with Gasteiger partial charge in [-0.05, 0) is 17.5 Å². The minimum absolute atomic E-state index is 0.159. The van der Waals surface area contributed by atoms with E-state index in [-0.39, 0.29) is 17.9 Å². The second-order valence-corrected chi connectivity index (χ2v) is 4.66. The monoisotopic (exact) mass is 247 g/mol. The van der Waals surface area contributed by atoms with Gasteiger partial charge in [0.05, 0.1) is 6.04 Å². The van der Waals surface area contributed by atoms with Gasteiger partial charge in [0.25, 0.3) is 0 Å². The second kappa shape index (κ2) is 4.42. The van der Waals surface area contributed by atoms with Gasteiger partial charge in [-0.2, -0.15) is 0 Å². The summed E-state index contributed by atoms with van der Waals surface area (Å²) in [5.74, 6) is -0.377. The molecule has 0 bridgehead atoms. The van der Waals surface area contributed by atoms with Crippen molar-refractivity contribution in [3.63, 3.8) is 0 Å². The van der Waals surface area contributed by atoms with Crippen LogP contribution in [-0.2, 0) is 21.7 Å². The fourth-order valence-corrected chi connectivity index (χ4v) is 2.53. The van der Waals surface area contributed by atoms with Crippen molar-refractivity contribution in [2.75, 3.05) is 0 Å². The highest BCUT2D eigenvalue weighted by atomic mass is 16.2. The summed E-state index contributed by atoms with van der Waals surface area (Å²) in [5, 5.41) is 5.56. The van der Waals surface area contributed by atoms with Crippen LogP contribution in [0.1, 0.15) is 25.0 Å². The van der Waals surface area contributed by atoms with Gasteiger partial charge in [-0.1, -0.05) is 24.3 Å². The maximum atomic E-state index is 11.3. The molecule has 0 heterocycles. The molecule has 0 fully saturated rings. The summed E-state index contributed by atoms with van der Waals surface area (Å²) < 4.78 is 0. The Morgan fingerprint density at radius 2 is 1.94 bits per heavy atom. The molecule has 96 valence electrons. The predicted molar refractivity (Wildman–Crippen MR) is 67.4 cm³/mol. The van der Waals surface area contributed by atoms with Crippen molar-refractivity contribution in [1.29, 1.82) is 0 Å². The number of amides is 2. The number of hydrogen-bond acceptors (Lipinski definition) is 3. The molecular weight excluding hydrogens is 230 g/mol. The van der Waals surface area contributed by atoms with E-state index in [0.29, 0.717) is 6.42 Å². The van der Waals surface area contributed by atoms with Crippen molar-refractivity contribution in [2.24, 2.45) is 5.73 Å². The molecule has 1 aliphatic carbocycles. The Kier molecular flexibility index (Phi) is 3.09. The van der Waals surface area contributed by atoms with E-state index in [2.05, 4.69) is 10.6 Å². The minimum Gasteiger partial charge on any atom is -0.349 e. The molecular formula is C13H17N3O2. The van der Waals surface area contributed by atoms with E-state index in [1.807, 2.05) is 24.3 Å². The van der Waals surface area contributed by atoms with Crippen molar-refractivity contribution in [2.45, 2.75) is 32.0 Å². The Labute approximate surface area is 106 Å². The lowest BCUT2D eigenvalue weighted by Gasteiger charge is -2.33. The molecule has 2 amide bonds. The van der Waals surface area contributed by atoms with Gasteiger partial charge in [0.2, 0.25) is 11.8 Å². The Morgan fingerprint density at radius 3 is 2.56 bits per heavy atom. The fraction of sp³-hybridized carbons (Fsp3) is 0.385. The third-order valence-corrected chi connectivity index (χ3v) is 3.20. The molecule has 2 rings (SSSR count). The molecule has 0 aromatic heterocycles. The zero-order chi connectivity index (χ0) is 13.3. The van der Waals surface area contributed by atoms with E-state index in [1.54, 1.807) is 0 Å². The topological polar surface area (TPSA) is 84.2 Å². The largest absolute Gasteiger partial charge is 0.349 e. The SMILES string of the molecule is CC(=O)NC1Cc2ccccc2C1(N)NC(C)=O. The van der Waals surface area contributed by atoms with Crippen LogP contribution in [0.4, 0.5) is 0 Å². The fourth-order valence-electron chi connectivity index (χ4n) is 2.53. The maximum absolute atomic E-state index is 11.3. The van der Waals surface area contributed by atoms with Gasteiger partial charge in [0.15, 0.2) is 0 Å². The molecule has 0 saturated carbocycles. The predicted octanol–water partition coefficient (Wildman–Crippen LogP) is -0.00500. The molecule has 0 saturated heterocycles. The van der Waals surface area contributed by atoms with Crippen LogP contribution in [0, 0.1) is 0 Å². The summed E-state index contributed by atoms with van der Waals surface area (Å²) in [4.78, 5) is 22.6.